The molecule has 0 unspecified atom stereocenters. The summed E-state index contributed by atoms with van der Waals surface area (Å²) in [4.78, 5) is 17.8. The Kier molecular flexibility index (Phi) is 6.36. The third kappa shape index (κ3) is 4.57. The van der Waals surface area contributed by atoms with Crippen molar-refractivity contribution in [1.82, 2.24) is 9.29 Å². The van der Waals surface area contributed by atoms with E-state index >= 15 is 0 Å². The Hall–Kier alpha value is -2.69. The van der Waals surface area contributed by atoms with E-state index in [0.29, 0.717) is 29.5 Å². The minimum Gasteiger partial charge on any atom is -0.298 e. The van der Waals surface area contributed by atoms with Gasteiger partial charge in [0.25, 0.3) is 5.91 Å². The number of hydrogen-bond donors (Lipinski definition) is 1. The molecule has 2 heterocycles. The molecule has 3 aromatic rings. The Balaban J connectivity index is 1.49. The molecular formula is C22H21F2N3O3S2. The summed E-state index contributed by atoms with van der Waals surface area (Å²) in [5, 5.41) is 2.98. The van der Waals surface area contributed by atoms with Crippen molar-refractivity contribution in [3.8, 4) is 11.3 Å². The van der Waals surface area contributed by atoms with Gasteiger partial charge < -0.3 is 0 Å². The van der Waals surface area contributed by atoms with Crippen LogP contribution in [0.15, 0.2) is 47.4 Å². The van der Waals surface area contributed by atoms with Crippen LogP contribution in [0.1, 0.15) is 34.5 Å². The Labute approximate surface area is 189 Å². The first-order valence-electron chi connectivity index (χ1n) is 10.1. The first-order valence-corrected chi connectivity index (χ1v) is 12.4. The minimum atomic E-state index is -3.57. The number of nitrogens with one attached hydrogen (secondary N) is 1. The lowest BCUT2D eigenvalue weighted by Crippen LogP contribution is -2.35. The van der Waals surface area contributed by atoms with Crippen LogP contribution >= 0.6 is 11.3 Å². The fourth-order valence-electron chi connectivity index (χ4n) is 3.56. The van der Waals surface area contributed by atoms with Crippen LogP contribution in [-0.4, -0.2) is 36.7 Å². The molecule has 0 spiro atoms. The zero-order valence-corrected chi connectivity index (χ0v) is 18.9. The molecule has 1 fully saturated rings. The fourth-order valence-corrected chi connectivity index (χ4v) is 5.91. The van der Waals surface area contributed by atoms with Crippen molar-refractivity contribution in [2.75, 3.05) is 18.4 Å². The van der Waals surface area contributed by atoms with Gasteiger partial charge in [-0.2, -0.15) is 4.31 Å². The molecule has 0 bridgehead atoms. The highest BCUT2D eigenvalue weighted by molar-refractivity contribution is 7.89. The Morgan fingerprint density at radius 2 is 1.72 bits per heavy atom. The molecule has 32 heavy (non-hydrogen) atoms. The van der Waals surface area contributed by atoms with Gasteiger partial charge in [-0.3, -0.25) is 10.1 Å². The van der Waals surface area contributed by atoms with E-state index in [1.54, 1.807) is 6.92 Å². The fraction of sp³-hybridized carbons (Fsp3) is 0.273. The maximum Gasteiger partial charge on any atom is 0.257 e. The number of nitrogens with zero attached hydrogens (tertiary/aromatic N) is 2. The van der Waals surface area contributed by atoms with E-state index < -0.39 is 27.6 Å². The zero-order valence-electron chi connectivity index (χ0n) is 17.3. The topological polar surface area (TPSA) is 79.4 Å². The van der Waals surface area contributed by atoms with Crippen molar-refractivity contribution in [2.45, 2.75) is 31.1 Å². The Morgan fingerprint density at radius 1 is 1.03 bits per heavy atom. The predicted octanol–water partition coefficient (Wildman–Crippen LogP) is 4.82. The van der Waals surface area contributed by atoms with Crippen molar-refractivity contribution < 1.29 is 22.0 Å². The summed E-state index contributed by atoms with van der Waals surface area (Å²) < 4.78 is 53.7. The van der Waals surface area contributed by atoms with Gasteiger partial charge in [0.15, 0.2) is 16.8 Å². The third-order valence-corrected chi connectivity index (χ3v) is 8.08. The molecule has 168 valence electrons. The average Bonchev–Trinajstić information content (AvgIpc) is 3.16. The van der Waals surface area contributed by atoms with Gasteiger partial charge in [-0.1, -0.05) is 6.42 Å². The smallest absolute Gasteiger partial charge is 0.257 e. The van der Waals surface area contributed by atoms with Crippen LogP contribution in [0.5, 0.6) is 0 Å². The van der Waals surface area contributed by atoms with E-state index in [4.69, 9.17) is 0 Å². The molecule has 1 N–H and O–H groups in total. The van der Waals surface area contributed by atoms with Crippen LogP contribution < -0.4 is 5.32 Å². The molecular weight excluding hydrogens is 456 g/mol. The third-order valence-electron chi connectivity index (χ3n) is 5.28. The number of carbonyl (C=O) groups is 1. The monoisotopic (exact) mass is 477 g/mol. The van der Waals surface area contributed by atoms with Gasteiger partial charge in [-0.15, -0.1) is 11.3 Å². The second kappa shape index (κ2) is 9.05. The lowest BCUT2D eigenvalue weighted by atomic mass is 10.1. The Morgan fingerprint density at radius 3 is 2.38 bits per heavy atom. The number of hydrogen-bond acceptors (Lipinski definition) is 5. The molecule has 1 aliphatic rings. The van der Waals surface area contributed by atoms with Crippen molar-refractivity contribution in [1.29, 1.82) is 0 Å². The lowest BCUT2D eigenvalue weighted by molar-refractivity contribution is 0.102. The molecule has 0 saturated carbocycles. The first-order chi connectivity index (χ1) is 15.3. The molecule has 1 amide bonds. The average molecular weight is 478 g/mol. The molecule has 0 radical (unpaired) electrons. The molecule has 10 heteroatoms. The number of piperidine rings is 1. The molecule has 6 nitrogen and oxygen atoms in total. The standard InChI is InChI=1S/C22H21F2N3O3S2/c1-14-20(16-7-10-18(23)19(24)13-16)25-22(31-14)26-21(28)15-5-8-17(9-6-15)32(29,30)27-11-3-2-4-12-27/h5-10,13H,2-4,11-12H2,1H3,(H,25,26,28). The van der Waals surface area contributed by atoms with E-state index in [1.165, 1.54) is 46.0 Å². The highest BCUT2D eigenvalue weighted by Crippen LogP contribution is 2.31. The largest absolute Gasteiger partial charge is 0.298 e. The van der Waals surface area contributed by atoms with Gasteiger partial charge in [0.05, 0.1) is 10.6 Å². The SMILES string of the molecule is Cc1sc(NC(=O)c2ccc(S(=O)(=O)N3CCCCC3)cc2)nc1-c1ccc(F)c(F)c1. The molecule has 1 saturated heterocycles. The summed E-state index contributed by atoms with van der Waals surface area (Å²) in [5.74, 6) is -2.36. The molecule has 0 aliphatic carbocycles. The van der Waals surface area contributed by atoms with E-state index in [0.717, 1.165) is 36.3 Å². The number of anilines is 1. The van der Waals surface area contributed by atoms with Gasteiger partial charge in [-0.25, -0.2) is 22.2 Å². The highest BCUT2D eigenvalue weighted by Gasteiger charge is 2.26. The number of aromatic nitrogens is 1. The summed E-state index contributed by atoms with van der Waals surface area (Å²) >= 11 is 1.21. The first kappa shape index (κ1) is 22.5. The molecule has 4 rings (SSSR count). The van der Waals surface area contributed by atoms with Crippen LogP contribution in [0.25, 0.3) is 11.3 Å². The molecule has 0 atom stereocenters. The quantitative estimate of drug-likeness (QED) is 0.571. The summed E-state index contributed by atoms with van der Waals surface area (Å²) in [7, 11) is -3.57. The van der Waals surface area contributed by atoms with E-state index in [9.17, 15) is 22.0 Å². The normalized spacial score (nSPS) is 15.0. The number of aryl methyl sites for hydroxylation is 1. The zero-order chi connectivity index (χ0) is 22.9. The maximum absolute atomic E-state index is 13.6. The number of benzene rings is 2. The molecule has 1 aliphatic heterocycles. The number of carbonyl (C=O) groups excluding carboxylic acids is 1. The van der Waals surface area contributed by atoms with Gasteiger partial charge in [0.2, 0.25) is 10.0 Å². The number of sulfonamides is 1. The van der Waals surface area contributed by atoms with Crippen molar-refractivity contribution in [2.24, 2.45) is 0 Å². The van der Waals surface area contributed by atoms with Crippen LogP contribution in [0, 0.1) is 18.6 Å². The Bertz CT molecular complexity index is 1250. The summed E-state index contributed by atoms with van der Waals surface area (Å²) in [5.41, 5.74) is 1.14. The van der Waals surface area contributed by atoms with Crippen molar-refractivity contribution >= 4 is 32.4 Å². The highest BCUT2D eigenvalue weighted by atomic mass is 32.2. The van der Waals surface area contributed by atoms with Crippen LogP contribution in [0.2, 0.25) is 0 Å². The van der Waals surface area contributed by atoms with Crippen molar-refractivity contribution in [3.63, 3.8) is 0 Å². The molecule has 1 aromatic heterocycles. The van der Waals surface area contributed by atoms with E-state index in [1.807, 2.05) is 0 Å². The number of thiazole rings is 1. The lowest BCUT2D eigenvalue weighted by Gasteiger charge is -2.25. The summed E-state index contributed by atoms with van der Waals surface area (Å²) in [6.45, 7) is 2.78. The second-order valence-corrected chi connectivity index (χ2v) is 10.6. The van der Waals surface area contributed by atoms with Crippen LogP contribution in [0.4, 0.5) is 13.9 Å². The summed E-state index contributed by atoms with van der Waals surface area (Å²) in [6.07, 6.45) is 2.72. The number of halogens is 2. The van der Waals surface area contributed by atoms with E-state index in [2.05, 4.69) is 10.3 Å². The van der Waals surface area contributed by atoms with Gasteiger partial charge in [0, 0.05) is 29.1 Å². The van der Waals surface area contributed by atoms with Gasteiger partial charge in [0.1, 0.15) is 0 Å². The molecule has 2 aromatic carbocycles. The second-order valence-electron chi connectivity index (χ2n) is 7.50. The summed E-state index contributed by atoms with van der Waals surface area (Å²) in [6, 6.07) is 9.29. The van der Waals surface area contributed by atoms with Gasteiger partial charge >= 0.3 is 0 Å². The van der Waals surface area contributed by atoms with Gasteiger partial charge in [-0.05, 0) is 62.2 Å². The predicted molar refractivity (Wildman–Crippen MR) is 119 cm³/mol. The minimum absolute atomic E-state index is 0.154. The van der Waals surface area contributed by atoms with Crippen molar-refractivity contribution in [3.05, 3.63) is 64.5 Å². The number of rotatable bonds is 5. The maximum atomic E-state index is 13.6. The van der Waals surface area contributed by atoms with Crippen LogP contribution in [-0.2, 0) is 10.0 Å². The van der Waals surface area contributed by atoms with Crippen LogP contribution in [0.3, 0.4) is 0 Å². The van der Waals surface area contributed by atoms with E-state index in [-0.39, 0.29) is 10.5 Å². The number of amides is 1.